The average Bonchev–Trinajstić information content (AvgIpc) is 2.58. The van der Waals surface area contributed by atoms with Gasteiger partial charge in [-0.1, -0.05) is 13.8 Å². The van der Waals surface area contributed by atoms with Crippen molar-refractivity contribution in [2.75, 3.05) is 26.2 Å². The van der Waals surface area contributed by atoms with E-state index in [4.69, 9.17) is 5.73 Å². The van der Waals surface area contributed by atoms with Crippen molar-refractivity contribution in [1.82, 2.24) is 9.80 Å². The monoisotopic (exact) mass is 283 g/mol. The Morgan fingerprint density at radius 3 is 2.15 bits per heavy atom. The van der Waals surface area contributed by atoms with Crippen LogP contribution in [0.1, 0.15) is 60.8 Å². The Morgan fingerprint density at radius 2 is 1.70 bits per heavy atom. The van der Waals surface area contributed by atoms with Crippen LogP contribution in [0.15, 0.2) is 0 Å². The van der Waals surface area contributed by atoms with Crippen molar-refractivity contribution < 1.29 is 0 Å². The van der Waals surface area contributed by atoms with E-state index in [-0.39, 0.29) is 5.54 Å². The van der Waals surface area contributed by atoms with E-state index in [9.17, 15) is 0 Å². The maximum Gasteiger partial charge on any atom is 0.0347 e. The van der Waals surface area contributed by atoms with Crippen LogP contribution >= 0.6 is 0 Å². The summed E-state index contributed by atoms with van der Waals surface area (Å²) in [6.45, 7) is 18.3. The smallest absolute Gasteiger partial charge is 0.0347 e. The van der Waals surface area contributed by atoms with Gasteiger partial charge in [-0.2, -0.15) is 0 Å². The van der Waals surface area contributed by atoms with Crippen molar-refractivity contribution in [2.24, 2.45) is 11.7 Å². The van der Waals surface area contributed by atoms with Gasteiger partial charge in [0.2, 0.25) is 0 Å². The van der Waals surface area contributed by atoms with Crippen molar-refractivity contribution in [3.8, 4) is 0 Å². The van der Waals surface area contributed by atoms with Gasteiger partial charge < -0.3 is 10.6 Å². The number of rotatable bonds is 6. The van der Waals surface area contributed by atoms with Gasteiger partial charge in [0.1, 0.15) is 0 Å². The molecule has 0 bridgehead atoms. The molecule has 1 rings (SSSR count). The van der Waals surface area contributed by atoms with E-state index in [1.807, 2.05) is 0 Å². The van der Waals surface area contributed by atoms with Gasteiger partial charge in [-0.25, -0.2) is 0 Å². The summed E-state index contributed by atoms with van der Waals surface area (Å²) in [6, 6.07) is 1.23. The van der Waals surface area contributed by atoms with E-state index < -0.39 is 0 Å². The summed E-state index contributed by atoms with van der Waals surface area (Å²) in [4.78, 5) is 5.31. The highest BCUT2D eigenvalue weighted by Crippen LogP contribution is 2.31. The Balaban J connectivity index is 2.88. The number of nitrogens with two attached hydrogens (primary N) is 1. The fraction of sp³-hybridized carbons (Fsp3) is 1.00. The molecule has 1 heterocycles. The van der Waals surface area contributed by atoms with Crippen LogP contribution in [0.2, 0.25) is 0 Å². The zero-order valence-corrected chi connectivity index (χ0v) is 14.7. The predicted molar refractivity (Wildman–Crippen MR) is 89.0 cm³/mol. The van der Waals surface area contributed by atoms with E-state index in [2.05, 4.69) is 51.3 Å². The van der Waals surface area contributed by atoms with Crippen LogP contribution in [0.25, 0.3) is 0 Å². The number of likely N-dealkylation sites (tertiary alicyclic amines) is 1. The maximum atomic E-state index is 6.28. The summed E-state index contributed by atoms with van der Waals surface area (Å²) >= 11 is 0. The minimum Gasteiger partial charge on any atom is -0.329 e. The van der Waals surface area contributed by atoms with E-state index in [1.54, 1.807) is 0 Å². The average molecular weight is 284 g/mol. The first-order valence-electron chi connectivity index (χ1n) is 8.53. The normalized spacial score (nSPS) is 25.9. The van der Waals surface area contributed by atoms with Crippen LogP contribution in [0, 0.1) is 5.92 Å². The van der Waals surface area contributed by atoms with E-state index >= 15 is 0 Å². The summed E-state index contributed by atoms with van der Waals surface area (Å²) in [5, 5.41) is 0. The van der Waals surface area contributed by atoms with Crippen molar-refractivity contribution >= 4 is 0 Å². The lowest BCUT2D eigenvalue weighted by Gasteiger charge is -2.46. The van der Waals surface area contributed by atoms with Crippen molar-refractivity contribution in [1.29, 1.82) is 0 Å². The van der Waals surface area contributed by atoms with Crippen LogP contribution in [0.5, 0.6) is 0 Å². The molecule has 1 unspecified atom stereocenters. The van der Waals surface area contributed by atoms with E-state index in [1.165, 1.54) is 32.4 Å². The molecule has 0 spiro atoms. The molecule has 1 saturated heterocycles. The molecule has 0 aromatic rings. The summed E-state index contributed by atoms with van der Waals surface area (Å²) < 4.78 is 0. The Morgan fingerprint density at radius 1 is 1.05 bits per heavy atom. The van der Waals surface area contributed by atoms with Crippen LogP contribution < -0.4 is 5.73 Å². The van der Waals surface area contributed by atoms with Crippen LogP contribution in [0.4, 0.5) is 0 Å². The summed E-state index contributed by atoms with van der Waals surface area (Å²) in [5.74, 6) is 0.699. The minimum absolute atomic E-state index is 0.210. The lowest BCUT2D eigenvalue weighted by Crippen LogP contribution is -2.58. The third kappa shape index (κ3) is 4.44. The first-order valence-corrected chi connectivity index (χ1v) is 8.53. The Labute approximate surface area is 126 Å². The molecule has 1 fully saturated rings. The van der Waals surface area contributed by atoms with Gasteiger partial charge in [0.05, 0.1) is 0 Å². The SMILES string of the molecule is CC(C)CN(C(C)C)C1(CN)CCCN(C(C)C)CC1. The molecule has 0 aromatic carbocycles. The second-order valence-corrected chi connectivity index (χ2v) is 7.55. The van der Waals surface area contributed by atoms with Crippen LogP contribution in [-0.4, -0.2) is 53.6 Å². The number of hydrogen-bond acceptors (Lipinski definition) is 3. The molecule has 1 atom stereocenters. The Kier molecular flexibility index (Phi) is 6.96. The molecule has 3 heteroatoms. The second-order valence-electron chi connectivity index (χ2n) is 7.55. The molecule has 1 aliphatic heterocycles. The lowest BCUT2D eigenvalue weighted by molar-refractivity contribution is 0.0363. The minimum atomic E-state index is 0.210. The Hall–Kier alpha value is -0.120. The van der Waals surface area contributed by atoms with Gasteiger partial charge in [0.15, 0.2) is 0 Å². The highest BCUT2D eigenvalue weighted by atomic mass is 15.2. The van der Waals surface area contributed by atoms with Gasteiger partial charge in [-0.15, -0.1) is 0 Å². The molecule has 0 aromatic heterocycles. The fourth-order valence-corrected chi connectivity index (χ4v) is 3.67. The molecule has 20 heavy (non-hydrogen) atoms. The highest BCUT2D eigenvalue weighted by Gasteiger charge is 2.38. The maximum absolute atomic E-state index is 6.28. The molecular weight excluding hydrogens is 246 g/mol. The van der Waals surface area contributed by atoms with Crippen molar-refractivity contribution in [3.05, 3.63) is 0 Å². The Bertz CT molecular complexity index is 275. The molecule has 1 aliphatic rings. The largest absolute Gasteiger partial charge is 0.329 e. The second kappa shape index (κ2) is 7.77. The number of nitrogens with zero attached hydrogens (tertiary/aromatic N) is 2. The van der Waals surface area contributed by atoms with Gasteiger partial charge >= 0.3 is 0 Å². The molecule has 2 N–H and O–H groups in total. The molecule has 0 amide bonds. The first kappa shape index (κ1) is 17.9. The molecule has 0 radical (unpaired) electrons. The third-order valence-corrected chi connectivity index (χ3v) is 4.86. The number of hydrogen-bond donors (Lipinski definition) is 1. The quantitative estimate of drug-likeness (QED) is 0.813. The molecule has 0 aliphatic carbocycles. The standard InChI is InChI=1S/C17H37N3/c1-14(2)12-20(16(5)6)17(13-18)8-7-10-19(11-9-17)15(3)4/h14-16H,7-13,18H2,1-6H3. The van der Waals surface area contributed by atoms with Gasteiger partial charge in [0, 0.05) is 37.3 Å². The van der Waals surface area contributed by atoms with Crippen molar-refractivity contribution in [3.63, 3.8) is 0 Å². The topological polar surface area (TPSA) is 32.5 Å². The first-order chi connectivity index (χ1) is 9.32. The summed E-state index contributed by atoms with van der Waals surface area (Å²) in [6.07, 6.45) is 3.74. The van der Waals surface area contributed by atoms with Gasteiger partial charge in [-0.3, -0.25) is 4.90 Å². The lowest BCUT2D eigenvalue weighted by atomic mass is 9.86. The summed E-state index contributed by atoms with van der Waals surface area (Å²) in [5.41, 5.74) is 6.49. The molecular formula is C17H37N3. The van der Waals surface area contributed by atoms with Crippen LogP contribution in [-0.2, 0) is 0 Å². The van der Waals surface area contributed by atoms with Gasteiger partial charge in [0.25, 0.3) is 0 Å². The third-order valence-electron chi connectivity index (χ3n) is 4.86. The zero-order chi connectivity index (χ0) is 15.3. The van der Waals surface area contributed by atoms with Crippen molar-refractivity contribution in [2.45, 2.75) is 78.4 Å². The molecule has 3 nitrogen and oxygen atoms in total. The highest BCUT2D eigenvalue weighted by molar-refractivity contribution is 4.96. The van der Waals surface area contributed by atoms with Gasteiger partial charge in [-0.05, 0) is 59.4 Å². The summed E-state index contributed by atoms with van der Waals surface area (Å²) in [7, 11) is 0. The molecule has 120 valence electrons. The van der Waals surface area contributed by atoms with E-state index in [0.717, 1.165) is 13.1 Å². The fourth-order valence-electron chi connectivity index (χ4n) is 3.67. The van der Waals surface area contributed by atoms with E-state index in [0.29, 0.717) is 18.0 Å². The molecule has 0 saturated carbocycles. The zero-order valence-electron chi connectivity index (χ0n) is 14.7. The van der Waals surface area contributed by atoms with Crippen LogP contribution in [0.3, 0.4) is 0 Å². The predicted octanol–water partition coefficient (Wildman–Crippen LogP) is 2.94.